The SMILES string of the molecule is NC(=O)c1ccccc1NC(=O)Nc1cc(O)cc(O)c1. The largest absolute Gasteiger partial charge is 0.508 e. The molecule has 0 aliphatic rings. The van der Waals surface area contributed by atoms with Crippen LogP contribution in [-0.2, 0) is 0 Å². The van der Waals surface area contributed by atoms with Crippen molar-refractivity contribution in [3.8, 4) is 11.5 Å². The van der Waals surface area contributed by atoms with Gasteiger partial charge in [-0.05, 0) is 12.1 Å². The number of nitrogens with two attached hydrogens (primary N) is 1. The van der Waals surface area contributed by atoms with Gasteiger partial charge in [-0.15, -0.1) is 0 Å². The zero-order valence-corrected chi connectivity index (χ0v) is 10.8. The Morgan fingerprint density at radius 3 is 2.19 bits per heavy atom. The fourth-order valence-corrected chi connectivity index (χ4v) is 1.76. The lowest BCUT2D eigenvalue weighted by Crippen LogP contribution is -2.22. The van der Waals surface area contributed by atoms with E-state index in [9.17, 15) is 19.8 Å². The third kappa shape index (κ3) is 3.63. The first-order chi connectivity index (χ1) is 9.95. The van der Waals surface area contributed by atoms with Crippen molar-refractivity contribution >= 4 is 23.3 Å². The highest BCUT2D eigenvalue weighted by Gasteiger charge is 2.10. The highest BCUT2D eigenvalue weighted by atomic mass is 16.3. The van der Waals surface area contributed by atoms with Gasteiger partial charge in [0.25, 0.3) is 5.91 Å². The Morgan fingerprint density at radius 2 is 1.57 bits per heavy atom. The molecular weight excluding hydrogens is 274 g/mol. The number of carbonyl (C=O) groups excluding carboxylic acids is 2. The van der Waals surface area contributed by atoms with Gasteiger partial charge in [-0.2, -0.15) is 0 Å². The number of benzene rings is 2. The molecule has 7 heteroatoms. The van der Waals surface area contributed by atoms with Crippen molar-refractivity contribution in [2.45, 2.75) is 0 Å². The van der Waals surface area contributed by atoms with E-state index in [1.807, 2.05) is 0 Å². The number of phenols is 2. The average molecular weight is 287 g/mol. The second-order valence-electron chi connectivity index (χ2n) is 4.23. The maximum absolute atomic E-state index is 11.8. The maximum atomic E-state index is 11.8. The summed E-state index contributed by atoms with van der Waals surface area (Å²) in [5.74, 6) is -1.05. The van der Waals surface area contributed by atoms with Crippen LogP contribution in [0.1, 0.15) is 10.4 Å². The van der Waals surface area contributed by atoms with E-state index in [0.717, 1.165) is 6.07 Å². The van der Waals surface area contributed by atoms with Crippen molar-refractivity contribution in [2.24, 2.45) is 5.73 Å². The number of anilines is 2. The molecule has 6 N–H and O–H groups in total. The topological polar surface area (TPSA) is 125 Å². The van der Waals surface area contributed by atoms with Crippen molar-refractivity contribution in [3.63, 3.8) is 0 Å². The Hall–Kier alpha value is -3.22. The first kappa shape index (κ1) is 14.2. The monoisotopic (exact) mass is 287 g/mol. The third-order valence-electron chi connectivity index (χ3n) is 2.60. The van der Waals surface area contributed by atoms with E-state index < -0.39 is 11.9 Å². The zero-order chi connectivity index (χ0) is 15.4. The molecule has 108 valence electrons. The summed E-state index contributed by atoms with van der Waals surface area (Å²) in [7, 11) is 0. The van der Waals surface area contributed by atoms with Crippen LogP contribution in [0.15, 0.2) is 42.5 Å². The number of aromatic hydroxyl groups is 2. The Kier molecular flexibility index (Phi) is 3.94. The molecule has 0 fully saturated rings. The average Bonchev–Trinajstić information content (AvgIpc) is 2.37. The minimum absolute atomic E-state index is 0.173. The number of urea groups is 1. The summed E-state index contributed by atoms with van der Waals surface area (Å²) >= 11 is 0. The molecule has 0 radical (unpaired) electrons. The van der Waals surface area contributed by atoms with Crippen LogP contribution in [0.25, 0.3) is 0 Å². The molecule has 21 heavy (non-hydrogen) atoms. The molecule has 0 saturated carbocycles. The lowest BCUT2D eigenvalue weighted by molar-refractivity contribution is 0.100. The van der Waals surface area contributed by atoms with Crippen molar-refractivity contribution in [1.82, 2.24) is 0 Å². The van der Waals surface area contributed by atoms with Crippen LogP contribution in [-0.4, -0.2) is 22.2 Å². The van der Waals surface area contributed by atoms with Gasteiger partial charge in [-0.1, -0.05) is 12.1 Å². The number of nitrogens with one attached hydrogen (secondary N) is 2. The molecule has 0 spiro atoms. The van der Waals surface area contributed by atoms with Gasteiger partial charge < -0.3 is 26.6 Å². The normalized spacial score (nSPS) is 9.90. The second-order valence-corrected chi connectivity index (χ2v) is 4.23. The van der Waals surface area contributed by atoms with E-state index in [4.69, 9.17) is 5.73 Å². The Balaban J connectivity index is 2.14. The summed E-state index contributed by atoms with van der Waals surface area (Å²) in [6.45, 7) is 0. The summed E-state index contributed by atoms with van der Waals surface area (Å²) in [6, 6.07) is 9.29. The van der Waals surface area contributed by atoms with Crippen molar-refractivity contribution < 1.29 is 19.8 Å². The van der Waals surface area contributed by atoms with Gasteiger partial charge in [0.05, 0.1) is 11.3 Å². The van der Waals surface area contributed by atoms with Crippen LogP contribution in [0, 0.1) is 0 Å². The molecule has 0 saturated heterocycles. The van der Waals surface area contributed by atoms with Crippen molar-refractivity contribution in [3.05, 3.63) is 48.0 Å². The molecule has 3 amide bonds. The lowest BCUT2D eigenvalue weighted by Gasteiger charge is -2.10. The number of carbonyl (C=O) groups is 2. The van der Waals surface area contributed by atoms with Gasteiger partial charge in [0.15, 0.2) is 0 Å². The zero-order valence-electron chi connectivity index (χ0n) is 10.8. The van der Waals surface area contributed by atoms with Gasteiger partial charge in [-0.25, -0.2) is 4.79 Å². The Morgan fingerprint density at radius 1 is 0.952 bits per heavy atom. The molecule has 0 bridgehead atoms. The number of rotatable bonds is 3. The number of hydrogen-bond donors (Lipinski definition) is 5. The van der Waals surface area contributed by atoms with Crippen molar-refractivity contribution in [2.75, 3.05) is 10.6 Å². The smallest absolute Gasteiger partial charge is 0.323 e. The molecule has 2 aromatic rings. The standard InChI is InChI=1S/C14H13N3O4/c15-13(20)11-3-1-2-4-12(11)17-14(21)16-8-5-9(18)7-10(19)6-8/h1-7,18-19H,(H2,15,20)(H2,16,17,21). The molecule has 0 atom stereocenters. The summed E-state index contributed by atoms with van der Waals surface area (Å²) < 4.78 is 0. The molecule has 7 nitrogen and oxygen atoms in total. The molecule has 0 aliphatic heterocycles. The van der Waals surface area contributed by atoms with Crippen LogP contribution in [0.4, 0.5) is 16.2 Å². The van der Waals surface area contributed by atoms with Crippen LogP contribution in [0.3, 0.4) is 0 Å². The number of amides is 3. The third-order valence-corrected chi connectivity index (χ3v) is 2.60. The van der Waals surface area contributed by atoms with E-state index in [-0.39, 0.29) is 28.4 Å². The van der Waals surface area contributed by atoms with E-state index in [2.05, 4.69) is 10.6 Å². The van der Waals surface area contributed by atoms with Crippen LogP contribution in [0.2, 0.25) is 0 Å². The van der Waals surface area contributed by atoms with Gasteiger partial charge in [0.1, 0.15) is 11.5 Å². The molecule has 0 unspecified atom stereocenters. The lowest BCUT2D eigenvalue weighted by atomic mass is 10.1. The Labute approximate surface area is 120 Å². The van der Waals surface area contributed by atoms with Crippen molar-refractivity contribution in [1.29, 1.82) is 0 Å². The highest BCUT2D eigenvalue weighted by Crippen LogP contribution is 2.24. The molecule has 2 aromatic carbocycles. The molecule has 0 aliphatic carbocycles. The fraction of sp³-hybridized carbons (Fsp3) is 0. The molecule has 2 rings (SSSR count). The van der Waals surface area contributed by atoms with Crippen LogP contribution < -0.4 is 16.4 Å². The van der Waals surface area contributed by atoms with Gasteiger partial charge in [0.2, 0.25) is 0 Å². The van der Waals surface area contributed by atoms with Gasteiger partial charge >= 0.3 is 6.03 Å². The van der Waals surface area contributed by atoms with Gasteiger partial charge in [0, 0.05) is 23.9 Å². The summed E-state index contributed by atoms with van der Waals surface area (Å²) in [5.41, 5.74) is 5.83. The molecule has 0 heterocycles. The first-order valence-corrected chi connectivity index (χ1v) is 5.95. The number of hydrogen-bond acceptors (Lipinski definition) is 4. The van der Waals surface area contributed by atoms with Crippen LogP contribution in [0.5, 0.6) is 11.5 Å². The minimum Gasteiger partial charge on any atom is -0.508 e. The number of para-hydroxylation sites is 1. The second kappa shape index (κ2) is 5.83. The first-order valence-electron chi connectivity index (χ1n) is 5.95. The quantitative estimate of drug-likeness (QED) is 0.590. The minimum atomic E-state index is -0.666. The predicted octanol–water partition coefficient (Wildman–Crippen LogP) is 1.84. The van der Waals surface area contributed by atoms with Gasteiger partial charge in [-0.3, -0.25) is 4.79 Å². The predicted molar refractivity (Wildman–Crippen MR) is 77.4 cm³/mol. The van der Waals surface area contributed by atoms with Crippen LogP contribution >= 0.6 is 0 Å². The number of primary amides is 1. The molecular formula is C14H13N3O4. The molecule has 0 aromatic heterocycles. The summed E-state index contributed by atoms with van der Waals surface area (Å²) in [5, 5.41) is 23.5. The van der Waals surface area contributed by atoms with E-state index in [1.54, 1.807) is 12.1 Å². The Bertz CT molecular complexity index is 680. The highest BCUT2D eigenvalue weighted by molar-refractivity contribution is 6.06. The summed E-state index contributed by atoms with van der Waals surface area (Å²) in [6.07, 6.45) is 0. The van der Waals surface area contributed by atoms with E-state index >= 15 is 0 Å². The number of phenolic OH excluding ortho intramolecular Hbond substituents is 2. The summed E-state index contributed by atoms with van der Waals surface area (Å²) in [4.78, 5) is 23.1. The fourth-order valence-electron chi connectivity index (χ4n) is 1.76. The maximum Gasteiger partial charge on any atom is 0.323 e. The van der Waals surface area contributed by atoms with E-state index in [1.165, 1.54) is 24.3 Å². The van der Waals surface area contributed by atoms with E-state index in [0.29, 0.717) is 0 Å².